The Morgan fingerprint density at radius 1 is 0.750 bits per heavy atom. The fourth-order valence-corrected chi connectivity index (χ4v) is 3.43. The fraction of sp³-hybridized carbons (Fsp3) is 0.294. The van der Waals surface area contributed by atoms with Crippen LogP contribution in [0.1, 0.15) is 54.4 Å². The molecule has 0 saturated heterocycles. The lowest BCUT2D eigenvalue weighted by Crippen LogP contribution is -2.27. The minimum Gasteiger partial charge on any atom is -0.444 e. The number of aromatic nitrogens is 1. The molecule has 10 nitrogen and oxygen atoms in total. The van der Waals surface area contributed by atoms with Crippen LogP contribution in [-0.2, 0) is 27.3 Å². The Labute approximate surface area is 258 Å². The highest BCUT2D eigenvalue weighted by Crippen LogP contribution is 2.05. The lowest BCUT2D eigenvalue weighted by atomic mass is 10.1. The highest BCUT2D eigenvalue weighted by molar-refractivity contribution is 5.68. The number of primary amides is 1. The second-order valence-corrected chi connectivity index (χ2v) is 10.4. The summed E-state index contributed by atoms with van der Waals surface area (Å²) in [5.41, 5.74) is 9.48. The molecule has 2 aromatic carbocycles. The van der Waals surface area contributed by atoms with Gasteiger partial charge in [0.25, 0.3) is 0 Å². The molecule has 3 aromatic rings. The minimum absolute atomic E-state index is 0.0667. The number of pyridine rings is 1. The maximum atomic E-state index is 11.8. The van der Waals surface area contributed by atoms with Crippen molar-refractivity contribution < 1.29 is 28.6 Å². The fourth-order valence-electron chi connectivity index (χ4n) is 3.43. The predicted molar refractivity (Wildman–Crippen MR) is 167 cm³/mol. The van der Waals surface area contributed by atoms with E-state index in [-0.39, 0.29) is 13.2 Å². The van der Waals surface area contributed by atoms with Crippen LogP contribution in [0.25, 0.3) is 0 Å². The lowest BCUT2D eigenvalue weighted by Gasteiger charge is -2.16. The molecule has 10 heteroatoms. The summed E-state index contributed by atoms with van der Waals surface area (Å²) in [4.78, 5) is 38.0. The molecule has 0 atom stereocenters. The summed E-state index contributed by atoms with van der Waals surface area (Å²) in [5.74, 6) is 11.2. The van der Waals surface area contributed by atoms with Gasteiger partial charge >= 0.3 is 18.3 Å². The second kappa shape index (κ2) is 18.1. The smallest absolute Gasteiger partial charge is 0.408 e. The third kappa shape index (κ3) is 16.1. The molecule has 44 heavy (non-hydrogen) atoms. The van der Waals surface area contributed by atoms with E-state index in [1.54, 1.807) is 39.0 Å². The molecule has 4 N–H and O–H groups in total. The third-order valence-corrected chi connectivity index (χ3v) is 5.18. The number of hydrogen-bond acceptors (Lipinski definition) is 7. The molecule has 0 saturated carbocycles. The topological polar surface area (TPSA) is 142 Å². The SMILES string of the molecule is CC(C)(C)OC(N)=O.Cc1cccc(CNC(=O)OCC#Cc2cccc(C#CCOC(=O)NCc3cccc(C)c3)n2)c1. The number of alkyl carbamates (subject to hydrolysis) is 2. The standard InChI is InChI=1S/C29H27N3O4.C5H11NO2/c1-22-8-3-10-24(18-22)20-30-28(33)35-16-6-14-26-12-5-13-27(32-26)15-7-17-36-29(34)31-21-25-11-4-9-23(2)19-25;1-5(2,3)8-4(6)7/h3-5,8-13,18-19H,16-17,20-21H2,1-2H3,(H,30,33)(H,31,34);1-3H3,(H2,6,7). The first-order valence-corrected chi connectivity index (χ1v) is 13.8. The highest BCUT2D eigenvalue weighted by Gasteiger charge is 2.12. The Bertz CT molecular complexity index is 1440. The number of amides is 3. The second-order valence-electron chi connectivity index (χ2n) is 10.4. The largest absolute Gasteiger partial charge is 0.444 e. The van der Waals surface area contributed by atoms with Gasteiger partial charge in [-0.2, -0.15) is 0 Å². The zero-order chi connectivity index (χ0) is 32.4. The number of benzene rings is 2. The Balaban J connectivity index is 0.000000742. The molecule has 1 heterocycles. The van der Waals surface area contributed by atoms with Gasteiger partial charge < -0.3 is 30.6 Å². The van der Waals surface area contributed by atoms with Crippen molar-refractivity contribution in [3.63, 3.8) is 0 Å². The molecule has 3 rings (SSSR count). The van der Waals surface area contributed by atoms with Gasteiger partial charge in [0.1, 0.15) is 17.0 Å². The van der Waals surface area contributed by atoms with E-state index in [9.17, 15) is 14.4 Å². The van der Waals surface area contributed by atoms with Gasteiger partial charge in [0.05, 0.1) is 0 Å². The van der Waals surface area contributed by atoms with E-state index in [1.807, 2.05) is 62.4 Å². The van der Waals surface area contributed by atoms with Crippen LogP contribution in [0.5, 0.6) is 0 Å². The van der Waals surface area contributed by atoms with Crippen LogP contribution < -0.4 is 16.4 Å². The van der Waals surface area contributed by atoms with Gasteiger partial charge in [-0.3, -0.25) is 0 Å². The molecule has 0 aliphatic carbocycles. The van der Waals surface area contributed by atoms with Gasteiger partial charge in [-0.15, -0.1) is 0 Å². The normalized spacial score (nSPS) is 9.84. The van der Waals surface area contributed by atoms with E-state index in [4.69, 9.17) is 15.2 Å². The Kier molecular flexibility index (Phi) is 14.3. The van der Waals surface area contributed by atoms with Gasteiger partial charge in [-0.25, -0.2) is 19.4 Å². The molecule has 0 fully saturated rings. The predicted octanol–water partition coefficient (Wildman–Crippen LogP) is 5.13. The van der Waals surface area contributed by atoms with E-state index in [1.165, 1.54) is 0 Å². The van der Waals surface area contributed by atoms with E-state index in [0.717, 1.165) is 22.3 Å². The maximum Gasteiger partial charge on any atom is 0.408 e. The van der Waals surface area contributed by atoms with Crippen LogP contribution in [0.4, 0.5) is 14.4 Å². The Morgan fingerprint density at radius 3 is 1.55 bits per heavy atom. The molecule has 3 amide bonds. The Morgan fingerprint density at radius 2 is 1.18 bits per heavy atom. The first kappa shape index (κ1) is 34.7. The number of nitrogens with zero attached hydrogens (tertiary/aromatic N) is 1. The summed E-state index contributed by atoms with van der Waals surface area (Å²) in [7, 11) is 0. The van der Waals surface area contributed by atoms with Crippen molar-refractivity contribution in [3.05, 3.63) is 100 Å². The van der Waals surface area contributed by atoms with Crippen molar-refractivity contribution in [1.29, 1.82) is 0 Å². The average molecular weight is 599 g/mol. The van der Waals surface area contributed by atoms with Crippen LogP contribution in [0, 0.1) is 37.5 Å². The van der Waals surface area contributed by atoms with E-state index >= 15 is 0 Å². The average Bonchev–Trinajstić information content (AvgIpc) is 2.95. The summed E-state index contributed by atoms with van der Waals surface area (Å²) >= 11 is 0. The minimum atomic E-state index is -0.725. The number of carbonyl (C=O) groups excluding carboxylic acids is 3. The molecular formula is C34H38N4O6. The number of rotatable bonds is 6. The first-order chi connectivity index (χ1) is 20.9. The Hall–Kier alpha value is -5.48. The number of ether oxygens (including phenoxy) is 3. The molecule has 0 aliphatic rings. The number of nitrogens with one attached hydrogen (secondary N) is 2. The zero-order valence-corrected chi connectivity index (χ0v) is 25.7. The van der Waals surface area contributed by atoms with Gasteiger partial charge in [0.2, 0.25) is 0 Å². The van der Waals surface area contributed by atoms with Crippen LogP contribution in [0.2, 0.25) is 0 Å². The summed E-state index contributed by atoms with van der Waals surface area (Å²) in [6.07, 6.45) is -1.81. The maximum absolute atomic E-state index is 11.8. The molecule has 0 spiro atoms. The molecule has 1 aromatic heterocycles. The van der Waals surface area contributed by atoms with E-state index in [0.29, 0.717) is 24.5 Å². The first-order valence-electron chi connectivity index (χ1n) is 13.8. The summed E-state index contributed by atoms with van der Waals surface area (Å²) < 4.78 is 14.7. The summed E-state index contributed by atoms with van der Waals surface area (Å²) in [5, 5.41) is 5.37. The zero-order valence-electron chi connectivity index (χ0n) is 25.7. The van der Waals surface area contributed by atoms with Crippen molar-refractivity contribution in [2.75, 3.05) is 13.2 Å². The number of hydrogen-bond donors (Lipinski definition) is 3. The number of carbonyl (C=O) groups is 3. The van der Waals surface area contributed by atoms with Crippen molar-refractivity contribution in [3.8, 4) is 23.7 Å². The van der Waals surface area contributed by atoms with Crippen molar-refractivity contribution in [2.45, 2.75) is 53.3 Å². The van der Waals surface area contributed by atoms with Crippen molar-refractivity contribution >= 4 is 18.3 Å². The van der Waals surface area contributed by atoms with Gasteiger partial charge in [-0.05, 0) is 69.7 Å². The van der Waals surface area contributed by atoms with Gasteiger partial charge in [-0.1, -0.05) is 77.6 Å². The molecule has 0 aliphatic heterocycles. The monoisotopic (exact) mass is 598 g/mol. The van der Waals surface area contributed by atoms with E-state index < -0.39 is 23.9 Å². The van der Waals surface area contributed by atoms with Crippen LogP contribution in [-0.4, -0.2) is 42.1 Å². The summed E-state index contributed by atoms with van der Waals surface area (Å²) in [6.45, 7) is 9.90. The third-order valence-electron chi connectivity index (χ3n) is 5.18. The van der Waals surface area contributed by atoms with Gasteiger partial charge in [0, 0.05) is 13.1 Å². The molecule has 0 unspecified atom stereocenters. The van der Waals surface area contributed by atoms with Crippen molar-refractivity contribution in [2.24, 2.45) is 5.73 Å². The highest BCUT2D eigenvalue weighted by atomic mass is 16.6. The van der Waals surface area contributed by atoms with Crippen LogP contribution in [0.3, 0.4) is 0 Å². The molecule has 0 radical (unpaired) electrons. The number of nitrogens with two attached hydrogens (primary N) is 1. The van der Waals surface area contributed by atoms with Crippen LogP contribution in [0.15, 0.2) is 66.7 Å². The van der Waals surface area contributed by atoms with Gasteiger partial charge in [0.15, 0.2) is 13.2 Å². The lowest BCUT2D eigenvalue weighted by molar-refractivity contribution is 0.0600. The number of aryl methyl sites for hydroxylation is 2. The molecule has 230 valence electrons. The van der Waals surface area contributed by atoms with Crippen LogP contribution >= 0.6 is 0 Å². The summed E-state index contributed by atoms with van der Waals surface area (Å²) in [6, 6.07) is 20.9. The van der Waals surface area contributed by atoms with E-state index in [2.05, 4.69) is 44.0 Å². The van der Waals surface area contributed by atoms with Crippen molar-refractivity contribution in [1.82, 2.24) is 15.6 Å². The molecule has 0 bridgehead atoms. The quantitative estimate of drug-likeness (QED) is 0.264. The molecular weight excluding hydrogens is 560 g/mol.